The third-order valence-electron chi connectivity index (χ3n) is 3.81. The van der Waals surface area contributed by atoms with Crippen molar-refractivity contribution in [2.24, 2.45) is 5.73 Å². The third kappa shape index (κ3) is 3.95. The van der Waals surface area contributed by atoms with Crippen molar-refractivity contribution in [3.8, 4) is 5.75 Å². The Morgan fingerprint density at radius 1 is 1.26 bits per heavy atom. The molecule has 0 aliphatic rings. The highest BCUT2D eigenvalue weighted by molar-refractivity contribution is 5.31. The lowest BCUT2D eigenvalue weighted by molar-refractivity contribution is 0.131. The number of benzene rings is 1. The van der Waals surface area contributed by atoms with E-state index in [1.165, 1.54) is 5.56 Å². The minimum absolute atomic E-state index is 0.0843. The first kappa shape index (κ1) is 16.0. The Bertz CT molecular complexity index is 379. The number of rotatable bonds is 7. The fourth-order valence-electron chi connectivity index (χ4n) is 2.64. The SMILES string of the molecule is CCC(C)N(CC)C(c1cccc(OC)c1)C(C)N. The van der Waals surface area contributed by atoms with E-state index in [-0.39, 0.29) is 12.1 Å². The summed E-state index contributed by atoms with van der Waals surface area (Å²) in [4.78, 5) is 2.47. The Morgan fingerprint density at radius 3 is 2.42 bits per heavy atom. The summed E-state index contributed by atoms with van der Waals surface area (Å²) in [6.45, 7) is 9.76. The number of ether oxygens (including phenoxy) is 1. The highest BCUT2D eigenvalue weighted by Gasteiger charge is 2.26. The summed E-state index contributed by atoms with van der Waals surface area (Å²) in [5.74, 6) is 0.892. The molecular formula is C16H28N2O. The predicted molar refractivity (Wildman–Crippen MR) is 81.5 cm³/mol. The molecule has 3 heteroatoms. The van der Waals surface area contributed by atoms with Crippen LogP contribution >= 0.6 is 0 Å². The van der Waals surface area contributed by atoms with Gasteiger partial charge in [0.05, 0.1) is 13.2 Å². The van der Waals surface area contributed by atoms with Gasteiger partial charge in [-0.1, -0.05) is 26.0 Å². The Labute approximate surface area is 117 Å². The molecule has 0 saturated heterocycles. The second kappa shape index (κ2) is 7.51. The lowest BCUT2D eigenvalue weighted by atomic mass is 9.97. The third-order valence-corrected chi connectivity index (χ3v) is 3.81. The molecule has 1 aromatic rings. The second-order valence-corrected chi connectivity index (χ2v) is 5.17. The largest absolute Gasteiger partial charge is 0.497 e. The number of likely N-dealkylation sites (N-methyl/N-ethyl adjacent to an activating group) is 1. The van der Waals surface area contributed by atoms with Gasteiger partial charge in [-0.05, 0) is 44.5 Å². The Morgan fingerprint density at radius 2 is 1.95 bits per heavy atom. The van der Waals surface area contributed by atoms with Gasteiger partial charge in [0.2, 0.25) is 0 Å². The average molecular weight is 264 g/mol. The maximum atomic E-state index is 6.25. The first-order chi connectivity index (χ1) is 9.04. The second-order valence-electron chi connectivity index (χ2n) is 5.17. The number of hydrogen-bond donors (Lipinski definition) is 1. The van der Waals surface area contributed by atoms with Gasteiger partial charge in [-0.25, -0.2) is 0 Å². The minimum Gasteiger partial charge on any atom is -0.497 e. The fourth-order valence-corrected chi connectivity index (χ4v) is 2.64. The van der Waals surface area contributed by atoms with Gasteiger partial charge in [-0.3, -0.25) is 4.90 Å². The van der Waals surface area contributed by atoms with Gasteiger partial charge >= 0.3 is 0 Å². The fraction of sp³-hybridized carbons (Fsp3) is 0.625. The molecule has 0 saturated carbocycles. The first-order valence-corrected chi connectivity index (χ1v) is 7.20. The molecule has 0 aromatic heterocycles. The highest BCUT2D eigenvalue weighted by atomic mass is 16.5. The van der Waals surface area contributed by atoms with Crippen LogP contribution < -0.4 is 10.5 Å². The van der Waals surface area contributed by atoms with Crippen LogP contribution in [-0.2, 0) is 0 Å². The van der Waals surface area contributed by atoms with Crippen LogP contribution in [-0.4, -0.2) is 30.6 Å². The van der Waals surface area contributed by atoms with E-state index in [9.17, 15) is 0 Å². The van der Waals surface area contributed by atoms with Crippen molar-refractivity contribution in [2.45, 2.75) is 52.2 Å². The average Bonchev–Trinajstić information content (AvgIpc) is 2.43. The van der Waals surface area contributed by atoms with Gasteiger partial charge in [0.25, 0.3) is 0 Å². The zero-order chi connectivity index (χ0) is 14.4. The molecule has 3 atom stereocenters. The monoisotopic (exact) mass is 264 g/mol. The van der Waals surface area contributed by atoms with Crippen LogP contribution in [0.5, 0.6) is 5.75 Å². The molecular weight excluding hydrogens is 236 g/mol. The van der Waals surface area contributed by atoms with Crippen LogP contribution in [0.3, 0.4) is 0 Å². The van der Waals surface area contributed by atoms with E-state index in [0.29, 0.717) is 6.04 Å². The standard InChI is InChI=1S/C16H28N2O/c1-6-12(3)18(7-2)16(13(4)17)14-9-8-10-15(11-14)19-5/h8-13,16H,6-7,17H2,1-5H3. The van der Waals surface area contributed by atoms with Crippen molar-refractivity contribution < 1.29 is 4.74 Å². The van der Waals surface area contributed by atoms with Gasteiger partial charge in [-0.2, -0.15) is 0 Å². The van der Waals surface area contributed by atoms with Gasteiger partial charge in [0, 0.05) is 12.1 Å². The van der Waals surface area contributed by atoms with Crippen LogP contribution in [0, 0.1) is 0 Å². The molecule has 0 bridgehead atoms. The molecule has 0 aliphatic carbocycles. The van der Waals surface area contributed by atoms with Gasteiger partial charge in [0.15, 0.2) is 0 Å². The molecule has 2 N–H and O–H groups in total. The molecule has 1 aromatic carbocycles. The smallest absolute Gasteiger partial charge is 0.119 e. The Balaban J connectivity index is 3.11. The molecule has 1 rings (SSSR count). The van der Waals surface area contributed by atoms with E-state index in [4.69, 9.17) is 10.5 Å². The van der Waals surface area contributed by atoms with Crippen LogP contribution in [0.15, 0.2) is 24.3 Å². The van der Waals surface area contributed by atoms with Crippen LogP contribution in [0.1, 0.15) is 45.7 Å². The summed E-state index contributed by atoms with van der Waals surface area (Å²) < 4.78 is 5.33. The molecule has 108 valence electrons. The summed E-state index contributed by atoms with van der Waals surface area (Å²) in [6, 6.07) is 9.08. The van der Waals surface area contributed by atoms with Gasteiger partial charge in [0.1, 0.15) is 5.75 Å². The summed E-state index contributed by atoms with van der Waals surface area (Å²) in [5.41, 5.74) is 7.48. The molecule has 0 spiro atoms. The van der Waals surface area contributed by atoms with E-state index in [2.05, 4.69) is 44.7 Å². The van der Waals surface area contributed by atoms with Gasteiger partial charge in [-0.15, -0.1) is 0 Å². The molecule has 0 radical (unpaired) electrons. The van der Waals surface area contributed by atoms with E-state index in [1.807, 2.05) is 12.1 Å². The van der Waals surface area contributed by atoms with Crippen LogP contribution in [0.2, 0.25) is 0 Å². The van der Waals surface area contributed by atoms with E-state index < -0.39 is 0 Å². The zero-order valence-electron chi connectivity index (χ0n) is 12.9. The molecule has 3 unspecified atom stereocenters. The molecule has 0 heterocycles. The predicted octanol–water partition coefficient (Wildman–Crippen LogP) is 3.20. The zero-order valence-corrected chi connectivity index (χ0v) is 12.9. The number of hydrogen-bond acceptors (Lipinski definition) is 3. The van der Waals surface area contributed by atoms with Gasteiger partial charge < -0.3 is 10.5 Å². The molecule has 3 nitrogen and oxygen atoms in total. The number of methoxy groups -OCH3 is 1. The molecule has 0 amide bonds. The van der Waals surface area contributed by atoms with E-state index >= 15 is 0 Å². The molecule has 19 heavy (non-hydrogen) atoms. The topological polar surface area (TPSA) is 38.5 Å². The Hall–Kier alpha value is -1.06. The van der Waals surface area contributed by atoms with Crippen molar-refractivity contribution in [1.29, 1.82) is 0 Å². The van der Waals surface area contributed by atoms with Crippen molar-refractivity contribution in [3.05, 3.63) is 29.8 Å². The van der Waals surface area contributed by atoms with E-state index in [1.54, 1.807) is 7.11 Å². The van der Waals surface area contributed by atoms with Crippen LogP contribution in [0.4, 0.5) is 0 Å². The maximum Gasteiger partial charge on any atom is 0.119 e. The maximum absolute atomic E-state index is 6.25. The summed E-state index contributed by atoms with van der Waals surface area (Å²) in [6.07, 6.45) is 1.13. The van der Waals surface area contributed by atoms with Crippen molar-refractivity contribution in [2.75, 3.05) is 13.7 Å². The number of nitrogens with zero attached hydrogens (tertiary/aromatic N) is 1. The lowest BCUT2D eigenvalue weighted by Gasteiger charge is -2.38. The summed E-state index contributed by atoms with van der Waals surface area (Å²) in [5, 5.41) is 0. The van der Waals surface area contributed by atoms with Crippen LogP contribution in [0.25, 0.3) is 0 Å². The minimum atomic E-state index is 0.0843. The van der Waals surface area contributed by atoms with Crippen molar-refractivity contribution in [1.82, 2.24) is 4.90 Å². The Kier molecular flexibility index (Phi) is 6.32. The van der Waals surface area contributed by atoms with E-state index in [0.717, 1.165) is 18.7 Å². The summed E-state index contributed by atoms with van der Waals surface area (Å²) >= 11 is 0. The molecule has 0 fully saturated rings. The normalized spacial score (nSPS) is 16.2. The summed E-state index contributed by atoms with van der Waals surface area (Å²) in [7, 11) is 1.70. The van der Waals surface area contributed by atoms with Crippen molar-refractivity contribution >= 4 is 0 Å². The first-order valence-electron chi connectivity index (χ1n) is 7.20. The quantitative estimate of drug-likeness (QED) is 0.822. The highest BCUT2D eigenvalue weighted by Crippen LogP contribution is 2.28. The lowest BCUT2D eigenvalue weighted by Crippen LogP contribution is -2.43. The molecule has 0 aliphatic heterocycles. The van der Waals surface area contributed by atoms with Crippen molar-refractivity contribution in [3.63, 3.8) is 0 Å². The number of nitrogens with two attached hydrogens (primary N) is 1.